The van der Waals surface area contributed by atoms with E-state index in [0.29, 0.717) is 32.1 Å². The molecule has 3 heterocycles. The zero-order valence-electron chi connectivity index (χ0n) is 14.2. The van der Waals surface area contributed by atoms with Crippen LogP contribution >= 0.6 is 24.0 Å². The molecule has 1 aromatic carbocycles. The summed E-state index contributed by atoms with van der Waals surface area (Å²) in [6.07, 6.45) is 3.16. The number of rotatable bonds is 5. The number of hydrogen-bond acceptors (Lipinski definition) is 7. The third-order valence-electron chi connectivity index (χ3n) is 4.01. The molecule has 1 saturated heterocycles. The Morgan fingerprint density at radius 2 is 2.07 bits per heavy atom. The second kappa shape index (κ2) is 7.45. The van der Waals surface area contributed by atoms with Crippen molar-refractivity contribution >= 4 is 46.0 Å². The Labute approximate surface area is 168 Å². The summed E-state index contributed by atoms with van der Waals surface area (Å²) >= 11 is 6.48. The monoisotopic (exact) mass is 412 g/mol. The average molecular weight is 412 g/mol. The van der Waals surface area contributed by atoms with Crippen LogP contribution in [-0.4, -0.2) is 20.1 Å². The number of amides is 1. The number of nitro groups is 1. The topological polar surface area (TPSA) is 89.7 Å². The number of carbonyl (C=O) groups is 1. The van der Waals surface area contributed by atoms with E-state index in [1.54, 1.807) is 48.7 Å². The molecule has 9 heteroatoms. The standard InChI is InChI=1S/C19H12N2O5S2/c22-18-17(28-19(27)20(18)11-15-5-2-8-25-15)10-14-6-7-16(26-14)12-3-1-4-13(9-12)21(23)24/h1-10H,11H2/b17-10+. The summed E-state index contributed by atoms with van der Waals surface area (Å²) in [5, 5.41) is 10.9. The molecule has 1 fully saturated rings. The minimum absolute atomic E-state index is 0.0192. The molecule has 140 valence electrons. The lowest BCUT2D eigenvalue weighted by molar-refractivity contribution is -0.384. The van der Waals surface area contributed by atoms with Gasteiger partial charge in [0.05, 0.1) is 22.6 Å². The van der Waals surface area contributed by atoms with Crippen molar-refractivity contribution in [3.63, 3.8) is 0 Å². The first-order chi connectivity index (χ1) is 13.5. The van der Waals surface area contributed by atoms with Gasteiger partial charge in [-0.2, -0.15) is 0 Å². The van der Waals surface area contributed by atoms with Crippen LogP contribution < -0.4 is 0 Å². The van der Waals surface area contributed by atoms with E-state index in [1.165, 1.54) is 28.8 Å². The predicted molar refractivity (Wildman–Crippen MR) is 108 cm³/mol. The molecule has 0 N–H and O–H groups in total. The highest BCUT2D eigenvalue weighted by Crippen LogP contribution is 2.34. The SMILES string of the molecule is O=C1/C(=C\c2ccc(-c3cccc([N+](=O)[O-])c3)o2)SC(=S)N1Cc1ccco1. The van der Waals surface area contributed by atoms with E-state index in [0.717, 1.165) is 0 Å². The van der Waals surface area contributed by atoms with E-state index in [2.05, 4.69) is 0 Å². The fraction of sp³-hybridized carbons (Fsp3) is 0.0526. The number of carbonyl (C=O) groups excluding carboxylic acids is 1. The smallest absolute Gasteiger partial charge is 0.270 e. The lowest BCUT2D eigenvalue weighted by Gasteiger charge is -2.11. The van der Waals surface area contributed by atoms with Gasteiger partial charge in [-0.1, -0.05) is 36.1 Å². The number of benzene rings is 1. The van der Waals surface area contributed by atoms with Crippen LogP contribution in [0, 0.1) is 10.1 Å². The lowest BCUT2D eigenvalue weighted by atomic mass is 10.1. The van der Waals surface area contributed by atoms with Crippen LogP contribution in [0.1, 0.15) is 11.5 Å². The average Bonchev–Trinajstić information content (AvgIpc) is 3.41. The Balaban J connectivity index is 1.55. The highest BCUT2D eigenvalue weighted by atomic mass is 32.2. The van der Waals surface area contributed by atoms with Crippen LogP contribution in [0.5, 0.6) is 0 Å². The van der Waals surface area contributed by atoms with Crippen LogP contribution in [-0.2, 0) is 11.3 Å². The number of thioether (sulfide) groups is 1. The normalized spacial score (nSPS) is 15.6. The van der Waals surface area contributed by atoms with Crippen LogP contribution in [0.15, 0.2) is 68.5 Å². The predicted octanol–water partition coefficient (Wildman–Crippen LogP) is 4.85. The van der Waals surface area contributed by atoms with Crippen molar-refractivity contribution in [2.24, 2.45) is 0 Å². The van der Waals surface area contributed by atoms with E-state index >= 15 is 0 Å². The Kier molecular flexibility index (Phi) is 4.84. The first-order valence-electron chi connectivity index (χ1n) is 8.14. The highest BCUT2D eigenvalue weighted by molar-refractivity contribution is 8.26. The maximum Gasteiger partial charge on any atom is 0.270 e. The molecule has 0 unspecified atom stereocenters. The molecule has 3 aromatic rings. The molecule has 4 rings (SSSR count). The van der Waals surface area contributed by atoms with E-state index in [9.17, 15) is 14.9 Å². The van der Waals surface area contributed by atoms with Gasteiger partial charge in [-0.25, -0.2) is 0 Å². The molecule has 1 aliphatic rings. The van der Waals surface area contributed by atoms with Gasteiger partial charge in [0.25, 0.3) is 11.6 Å². The van der Waals surface area contributed by atoms with Gasteiger partial charge in [-0.05, 0) is 24.3 Å². The van der Waals surface area contributed by atoms with Gasteiger partial charge in [0.1, 0.15) is 21.6 Å². The van der Waals surface area contributed by atoms with Gasteiger partial charge in [0.2, 0.25) is 0 Å². The summed E-state index contributed by atoms with van der Waals surface area (Å²) in [5.41, 5.74) is 0.563. The van der Waals surface area contributed by atoms with E-state index < -0.39 is 4.92 Å². The first kappa shape index (κ1) is 18.2. The summed E-state index contributed by atoms with van der Waals surface area (Å²) in [4.78, 5) is 25.0. The zero-order valence-corrected chi connectivity index (χ0v) is 15.9. The first-order valence-corrected chi connectivity index (χ1v) is 9.36. The Morgan fingerprint density at radius 3 is 2.82 bits per heavy atom. The Hall–Kier alpha value is -3.17. The summed E-state index contributed by atoms with van der Waals surface area (Å²) in [7, 11) is 0. The molecular weight excluding hydrogens is 400 g/mol. The fourth-order valence-electron chi connectivity index (χ4n) is 2.68. The summed E-state index contributed by atoms with van der Waals surface area (Å²) < 4.78 is 11.5. The molecule has 0 atom stereocenters. The molecule has 0 aliphatic carbocycles. The van der Waals surface area contributed by atoms with Gasteiger partial charge in [0.15, 0.2) is 0 Å². The van der Waals surface area contributed by atoms with Crippen LogP contribution in [0.2, 0.25) is 0 Å². The summed E-state index contributed by atoms with van der Waals surface area (Å²) in [6, 6.07) is 13.1. The molecule has 7 nitrogen and oxygen atoms in total. The van der Waals surface area contributed by atoms with Crippen molar-refractivity contribution in [3.8, 4) is 11.3 Å². The third kappa shape index (κ3) is 3.62. The van der Waals surface area contributed by atoms with Crippen molar-refractivity contribution in [1.29, 1.82) is 0 Å². The molecule has 28 heavy (non-hydrogen) atoms. The maximum atomic E-state index is 12.6. The van der Waals surface area contributed by atoms with Crippen molar-refractivity contribution in [2.45, 2.75) is 6.54 Å². The number of nitro benzene ring substituents is 1. The molecule has 1 amide bonds. The quantitative estimate of drug-likeness (QED) is 0.256. The van der Waals surface area contributed by atoms with Gasteiger partial charge in [-0.15, -0.1) is 0 Å². The fourth-order valence-corrected chi connectivity index (χ4v) is 3.92. The lowest BCUT2D eigenvalue weighted by Crippen LogP contribution is -2.27. The van der Waals surface area contributed by atoms with E-state index in [1.807, 2.05) is 0 Å². The van der Waals surface area contributed by atoms with E-state index in [4.69, 9.17) is 21.1 Å². The zero-order chi connectivity index (χ0) is 19.7. The number of nitrogens with zero attached hydrogens (tertiary/aromatic N) is 2. The van der Waals surface area contributed by atoms with Gasteiger partial charge < -0.3 is 8.83 Å². The molecule has 0 bridgehead atoms. The Morgan fingerprint density at radius 1 is 1.21 bits per heavy atom. The van der Waals surface area contributed by atoms with Crippen molar-refractivity contribution in [1.82, 2.24) is 4.90 Å². The molecular formula is C19H12N2O5S2. The van der Waals surface area contributed by atoms with Gasteiger partial charge in [0, 0.05) is 23.8 Å². The van der Waals surface area contributed by atoms with Gasteiger partial charge in [-0.3, -0.25) is 19.8 Å². The highest BCUT2D eigenvalue weighted by Gasteiger charge is 2.32. The van der Waals surface area contributed by atoms with Crippen LogP contribution in [0.4, 0.5) is 5.69 Å². The molecule has 0 radical (unpaired) electrons. The third-order valence-corrected chi connectivity index (χ3v) is 5.39. The molecule has 2 aromatic heterocycles. The largest absolute Gasteiger partial charge is 0.467 e. The number of furan rings is 2. The number of thiocarbonyl (C=S) groups is 1. The summed E-state index contributed by atoms with van der Waals surface area (Å²) in [5.74, 6) is 1.35. The Bertz CT molecular complexity index is 1100. The van der Waals surface area contributed by atoms with E-state index in [-0.39, 0.29) is 18.1 Å². The van der Waals surface area contributed by atoms with Crippen molar-refractivity contribution < 1.29 is 18.6 Å². The molecule has 1 aliphatic heterocycles. The summed E-state index contributed by atoms with van der Waals surface area (Å²) in [6.45, 7) is 0.270. The number of hydrogen-bond donors (Lipinski definition) is 0. The van der Waals surface area contributed by atoms with Crippen molar-refractivity contribution in [3.05, 3.63) is 81.3 Å². The maximum absolute atomic E-state index is 12.6. The second-order valence-corrected chi connectivity index (χ2v) is 7.53. The van der Waals surface area contributed by atoms with Gasteiger partial charge >= 0.3 is 0 Å². The number of non-ortho nitro benzene ring substituents is 1. The molecule has 0 saturated carbocycles. The van der Waals surface area contributed by atoms with Crippen LogP contribution in [0.25, 0.3) is 17.4 Å². The minimum Gasteiger partial charge on any atom is -0.467 e. The second-order valence-electron chi connectivity index (χ2n) is 5.86. The minimum atomic E-state index is -0.461. The molecule has 0 spiro atoms. The van der Waals surface area contributed by atoms with Crippen LogP contribution in [0.3, 0.4) is 0 Å². The van der Waals surface area contributed by atoms with Crippen molar-refractivity contribution in [2.75, 3.05) is 0 Å².